The van der Waals surface area contributed by atoms with Crippen LogP contribution in [-0.2, 0) is 0 Å². The fourth-order valence-electron chi connectivity index (χ4n) is 1.94. The Labute approximate surface area is 132 Å². The minimum absolute atomic E-state index is 0.173. The Bertz CT molecular complexity index is 561. The SMILES string of the molecule is CC(C)c1ccc(C(Cl)c2ccc(Cl)cc2Br)cc1. The van der Waals surface area contributed by atoms with Crippen LogP contribution in [0.1, 0.15) is 41.8 Å². The van der Waals surface area contributed by atoms with Crippen molar-refractivity contribution in [1.29, 1.82) is 0 Å². The zero-order valence-corrected chi connectivity index (χ0v) is 13.9. The Hall–Kier alpha value is -0.500. The van der Waals surface area contributed by atoms with E-state index in [4.69, 9.17) is 23.2 Å². The van der Waals surface area contributed by atoms with Crippen LogP contribution in [0.5, 0.6) is 0 Å². The monoisotopic (exact) mass is 356 g/mol. The Kier molecular flexibility index (Phi) is 4.94. The maximum absolute atomic E-state index is 6.55. The van der Waals surface area contributed by atoms with Crippen molar-refractivity contribution in [1.82, 2.24) is 0 Å². The van der Waals surface area contributed by atoms with E-state index < -0.39 is 0 Å². The summed E-state index contributed by atoms with van der Waals surface area (Å²) in [5, 5.41) is 0.530. The lowest BCUT2D eigenvalue weighted by Gasteiger charge is -2.14. The number of benzene rings is 2. The van der Waals surface area contributed by atoms with E-state index in [1.54, 1.807) is 0 Å². The minimum Gasteiger partial charge on any atom is -0.113 e. The summed E-state index contributed by atoms with van der Waals surface area (Å²) in [5.74, 6) is 0.532. The molecule has 0 bridgehead atoms. The second kappa shape index (κ2) is 6.30. The second-order valence-electron chi connectivity index (χ2n) is 4.85. The Balaban J connectivity index is 2.30. The molecule has 0 radical (unpaired) electrons. The zero-order valence-electron chi connectivity index (χ0n) is 10.8. The summed E-state index contributed by atoms with van der Waals surface area (Å²) in [4.78, 5) is 0. The molecule has 1 atom stereocenters. The third-order valence-corrected chi connectivity index (χ3v) is 4.54. The molecule has 0 N–H and O–H groups in total. The molecule has 0 nitrogen and oxygen atoms in total. The van der Waals surface area contributed by atoms with Crippen molar-refractivity contribution in [2.75, 3.05) is 0 Å². The van der Waals surface area contributed by atoms with Gasteiger partial charge in [-0.25, -0.2) is 0 Å². The van der Waals surface area contributed by atoms with Crippen molar-refractivity contribution in [3.05, 3.63) is 68.7 Å². The van der Waals surface area contributed by atoms with E-state index in [0.717, 1.165) is 15.6 Å². The lowest BCUT2D eigenvalue weighted by Crippen LogP contribution is -1.96. The summed E-state index contributed by atoms with van der Waals surface area (Å²) in [6, 6.07) is 14.1. The number of hydrogen-bond acceptors (Lipinski definition) is 0. The highest BCUT2D eigenvalue weighted by atomic mass is 79.9. The second-order valence-corrected chi connectivity index (χ2v) is 6.58. The summed E-state index contributed by atoms with van der Waals surface area (Å²) >= 11 is 16.0. The molecule has 0 aromatic heterocycles. The van der Waals surface area contributed by atoms with Crippen LogP contribution in [0.2, 0.25) is 5.02 Å². The number of halogens is 3. The minimum atomic E-state index is -0.173. The van der Waals surface area contributed by atoms with Crippen LogP contribution in [0.25, 0.3) is 0 Å². The van der Waals surface area contributed by atoms with Gasteiger partial charge in [-0.05, 0) is 34.7 Å². The molecule has 0 spiro atoms. The molecular weight excluding hydrogens is 343 g/mol. The van der Waals surface area contributed by atoms with Crippen molar-refractivity contribution in [3.8, 4) is 0 Å². The molecule has 0 heterocycles. The molecule has 0 saturated heterocycles. The average molecular weight is 358 g/mol. The van der Waals surface area contributed by atoms with Crippen LogP contribution in [0, 0.1) is 0 Å². The molecule has 0 aliphatic heterocycles. The van der Waals surface area contributed by atoms with Crippen LogP contribution >= 0.6 is 39.1 Å². The molecule has 100 valence electrons. The number of hydrogen-bond donors (Lipinski definition) is 0. The van der Waals surface area contributed by atoms with Gasteiger partial charge in [0.1, 0.15) is 0 Å². The summed E-state index contributed by atoms with van der Waals surface area (Å²) in [6.07, 6.45) is 0. The fourth-order valence-corrected chi connectivity index (χ4v) is 3.32. The van der Waals surface area contributed by atoms with E-state index in [-0.39, 0.29) is 5.38 Å². The third-order valence-electron chi connectivity index (χ3n) is 3.13. The largest absolute Gasteiger partial charge is 0.113 e. The summed E-state index contributed by atoms with van der Waals surface area (Å²) in [6.45, 7) is 4.37. The highest BCUT2D eigenvalue weighted by Crippen LogP contribution is 2.35. The van der Waals surface area contributed by atoms with Crippen molar-refractivity contribution in [3.63, 3.8) is 0 Å². The van der Waals surface area contributed by atoms with Crippen LogP contribution in [0.15, 0.2) is 46.9 Å². The molecule has 0 saturated carbocycles. The van der Waals surface area contributed by atoms with Crippen molar-refractivity contribution in [2.24, 2.45) is 0 Å². The molecule has 0 amide bonds. The van der Waals surface area contributed by atoms with E-state index in [2.05, 4.69) is 54.0 Å². The van der Waals surface area contributed by atoms with Gasteiger partial charge in [0.15, 0.2) is 0 Å². The predicted octanol–water partition coefficient (Wildman–Crippen LogP) is 6.55. The quantitative estimate of drug-likeness (QED) is 0.546. The smallest absolute Gasteiger partial charge is 0.0846 e. The molecule has 2 rings (SSSR count). The van der Waals surface area contributed by atoms with Gasteiger partial charge in [0.2, 0.25) is 0 Å². The van der Waals surface area contributed by atoms with Gasteiger partial charge in [-0.1, -0.05) is 71.7 Å². The van der Waals surface area contributed by atoms with Crippen molar-refractivity contribution in [2.45, 2.75) is 25.1 Å². The molecule has 0 aliphatic rings. The third kappa shape index (κ3) is 3.53. The Morgan fingerprint density at radius 1 is 0.947 bits per heavy atom. The average Bonchev–Trinajstić information content (AvgIpc) is 2.38. The lowest BCUT2D eigenvalue weighted by atomic mass is 9.98. The molecule has 1 unspecified atom stereocenters. The Morgan fingerprint density at radius 2 is 1.53 bits per heavy atom. The van der Waals surface area contributed by atoms with E-state index in [1.165, 1.54) is 5.56 Å². The summed E-state index contributed by atoms with van der Waals surface area (Å²) < 4.78 is 0.938. The van der Waals surface area contributed by atoms with Crippen LogP contribution < -0.4 is 0 Å². The molecule has 2 aromatic rings. The number of alkyl halides is 1. The van der Waals surface area contributed by atoms with Crippen LogP contribution in [0.3, 0.4) is 0 Å². The van der Waals surface area contributed by atoms with E-state index in [1.807, 2.05) is 18.2 Å². The standard InChI is InChI=1S/C16H15BrCl2/c1-10(2)11-3-5-12(6-4-11)16(19)14-8-7-13(18)9-15(14)17/h3-10,16H,1-2H3. The molecule has 2 aromatic carbocycles. The molecule has 19 heavy (non-hydrogen) atoms. The first-order valence-corrected chi connectivity index (χ1v) is 7.78. The fraction of sp³-hybridized carbons (Fsp3) is 0.250. The van der Waals surface area contributed by atoms with Crippen LogP contribution in [-0.4, -0.2) is 0 Å². The maximum atomic E-state index is 6.55. The van der Waals surface area contributed by atoms with Gasteiger partial charge in [-0.2, -0.15) is 0 Å². The molecule has 0 aliphatic carbocycles. The van der Waals surface area contributed by atoms with Gasteiger partial charge in [0.05, 0.1) is 5.38 Å². The van der Waals surface area contributed by atoms with E-state index >= 15 is 0 Å². The first kappa shape index (κ1) is 14.9. The van der Waals surface area contributed by atoms with Crippen molar-refractivity contribution >= 4 is 39.1 Å². The first-order valence-electron chi connectivity index (χ1n) is 6.18. The predicted molar refractivity (Wildman–Crippen MR) is 87.4 cm³/mol. The highest BCUT2D eigenvalue weighted by Gasteiger charge is 2.14. The first-order chi connectivity index (χ1) is 8.99. The van der Waals surface area contributed by atoms with E-state index in [0.29, 0.717) is 10.9 Å². The number of rotatable bonds is 3. The van der Waals surface area contributed by atoms with Gasteiger partial charge in [0.25, 0.3) is 0 Å². The normalized spacial score (nSPS) is 12.7. The van der Waals surface area contributed by atoms with Gasteiger partial charge >= 0.3 is 0 Å². The molecular formula is C16H15BrCl2. The van der Waals surface area contributed by atoms with Crippen LogP contribution in [0.4, 0.5) is 0 Å². The highest BCUT2D eigenvalue weighted by molar-refractivity contribution is 9.10. The summed E-state index contributed by atoms with van der Waals surface area (Å²) in [7, 11) is 0. The lowest BCUT2D eigenvalue weighted by molar-refractivity contribution is 0.865. The summed E-state index contributed by atoms with van der Waals surface area (Å²) in [5.41, 5.74) is 3.44. The molecule has 3 heteroatoms. The maximum Gasteiger partial charge on any atom is 0.0846 e. The van der Waals surface area contributed by atoms with Gasteiger partial charge in [-0.3, -0.25) is 0 Å². The van der Waals surface area contributed by atoms with Gasteiger partial charge in [0, 0.05) is 9.50 Å². The van der Waals surface area contributed by atoms with Crippen molar-refractivity contribution < 1.29 is 0 Å². The Morgan fingerprint density at radius 3 is 2.05 bits per heavy atom. The van der Waals surface area contributed by atoms with E-state index in [9.17, 15) is 0 Å². The molecule has 0 fully saturated rings. The van der Waals surface area contributed by atoms with Gasteiger partial charge in [-0.15, -0.1) is 11.6 Å². The zero-order chi connectivity index (χ0) is 14.0. The topological polar surface area (TPSA) is 0 Å². The van der Waals surface area contributed by atoms with Gasteiger partial charge < -0.3 is 0 Å².